The predicted octanol–water partition coefficient (Wildman–Crippen LogP) is 3.89. The van der Waals surface area contributed by atoms with Crippen molar-refractivity contribution in [3.63, 3.8) is 0 Å². The van der Waals surface area contributed by atoms with Gasteiger partial charge >= 0.3 is 29.8 Å². The lowest BCUT2D eigenvalue weighted by atomic mass is 10.1. The average molecular weight is 1220 g/mol. The number of ether oxygens (including phenoxy) is 5. The van der Waals surface area contributed by atoms with E-state index < -0.39 is 66.2 Å². The van der Waals surface area contributed by atoms with Crippen molar-refractivity contribution in [1.82, 2.24) is 10.2 Å². The van der Waals surface area contributed by atoms with Gasteiger partial charge < -0.3 is 54.5 Å². The highest BCUT2D eigenvalue weighted by Gasteiger charge is 2.24. The fourth-order valence-electron chi connectivity index (χ4n) is 5.04. The van der Waals surface area contributed by atoms with E-state index >= 15 is 0 Å². The first kappa shape index (κ1) is 82.4. The van der Waals surface area contributed by atoms with Crippen LogP contribution in [0.3, 0.4) is 0 Å². The number of Topliss-reactive ketones (excluding diaryl/α,β-unsaturated/α-hetero) is 3. The zero-order valence-corrected chi connectivity index (χ0v) is 49.7. The fraction of sp³-hybridized carbons (Fsp3) is 0.729. The van der Waals surface area contributed by atoms with Crippen LogP contribution in [0.5, 0.6) is 0 Å². The highest BCUT2D eigenvalue weighted by atomic mass is 33.1. The first-order valence-electron chi connectivity index (χ1n) is 23.5. The molecule has 6 N–H and O–H groups in total. The highest BCUT2D eigenvalue weighted by Crippen LogP contribution is 2.20. The molecule has 0 bridgehead atoms. The Hall–Kier alpha value is -3.39. The van der Waals surface area contributed by atoms with E-state index in [1.54, 1.807) is 60.9 Å². The Morgan fingerprint density at radius 2 is 0.831 bits per heavy atom. The number of carbonyl (C=O) groups is 11. The van der Waals surface area contributed by atoms with E-state index in [1.807, 2.05) is 18.8 Å². The first-order chi connectivity index (χ1) is 35.9. The molecule has 0 aliphatic carbocycles. The molecule has 77 heavy (non-hydrogen) atoms. The number of imide groups is 1. The summed E-state index contributed by atoms with van der Waals surface area (Å²) in [6, 6.07) is 0. The quantitative estimate of drug-likeness (QED) is 0.0170. The number of aliphatic hydroxyl groups excluding tert-OH is 5. The molecule has 29 heteroatoms. The van der Waals surface area contributed by atoms with Crippen molar-refractivity contribution in [2.24, 2.45) is 0 Å². The lowest BCUT2D eigenvalue weighted by molar-refractivity contribution is -0.144. The van der Waals surface area contributed by atoms with Gasteiger partial charge in [0.25, 0.3) is 11.8 Å². The number of hydrogen-bond donors (Lipinski definition) is 6. The van der Waals surface area contributed by atoms with Gasteiger partial charge in [-0.1, -0.05) is 79.1 Å². The molecule has 0 saturated heterocycles. The van der Waals surface area contributed by atoms with Gasteiger partial charge in [0.1, 0.15) is 17.3 Å². The number of amides is 3. The monoisotopic (exact) mass is 1220 g/mol. The number of nitrogens with zero attached hydrogens (tertiary/aromatic N) is 1. The minimum Gasteiger partial charge on any atom is -0.469 e. The maximum absolute atomic E-state index is 11.6. The Kier molecular flexibility index (Phi) is 59.9. The molecular formula is C48H84N2O21S6. The van der Waals surface area contributed by atoms with Crippen LogP contribution >= 0.6 is 64.8 Å². The SMILES string of the molecule is C.CCC(=O)CCC(O)CC(=O)OC.COC(=O)CC(O)CCC(=O)CCN1C(=O)C=CC1=O.COC(=O)CC(O)CCC(=O)CCSSC.COC(=O)CC(O)CNC(=O)CCSSC.COC(=O)CC(O)CSSC. The predicted molar refractivity (Wildman–Crippen MR) is 304 cm³/mol. The molecule has 0 aromatic heterocycles. The highest BCUT2D eigenvalue weighted by molar-refractivity contribution is 8.77. The van der Waals surface area contributed by atoms with E-state index in [-0.39, 0.29) is 101 Å². The summed E-state index contributed by atoms with van der Waals surface area (Å²) < 4.78 is 22.0. The molecule has 1 aliphatic rings. The van der Waals surface area contributed by atoms with Crippen LogP contribution in [0.4, 0.5) is 0 Å². The number of rotatable bonds is 36. The molecule has 0 aromatic carbocycles. The molecule has 1 aliphatic heterocycles. The topological polar surface area (TPSA) is 350 Å². The maximum atomic E-state index is 11.6. The second-order valence-corrected chi connectivity index (χ2v) is 23.4. The lowest BCUT2D eigenvalue weighted by Gasteiger charge is -2.13. The van der Waals surface area contributed by atoms with E-state index in [1.165, 1.54) is 46.3 Å². The Bertz CT molecular complexity index is 1670. The Labute approximate surface area is 477 Å². The van der Waals surface area contributed by atoms with Gasteiger partial charge in [0, 0.05) is 87.4 Å². The minimum absolute atomic E-state index is 0. The van der Waals surface area contributed by atoms with E-state index in [2.05, 4.69) is 29.0 Å². The number of hydrogen-bond acceptors (Lipinski definition) is 27. The van der Waals surface area contributed by atoms with E-state index in [9.17, 15) is 73.2 Å². The molecule has 1 rings (SSSR count). The first-order valence-corrected chi connectivity index (χ1v) is 31.7. The zero-order valence-electron chi connectivity index (χ0n) is 44.8. The Morgan fingerprint density at radius 1 is 0.494 bits per heavy atom. The van der Waals surface area contributed by atoms with E-state index in [0.29, 0.717) is 50.7 Å². The van der Waals surface area contributed by atoms with Crippen molar-refractivity contribution in [2.75, 3.05) is 84.7 Å². The summed E-state index contributed by atoms with van der Waals surface area (Å²) in [5, 5.41) is 49.2. The molecule has 1 heterocycles. The van der Waals surface area contributed by atoms with Gasteiger partial charge in [-0.3, -0.25) is 57.6 Å². The van der Waals surface area contributed by atoms with E-state index in [4.69, 9.17) is 5.11 Å². The van der Waals surface area contributed by atoms with Crippen LogP contribution in [0, 0.1) is 0 Å². The van der Waals surface area contributed by atoms with Crippen LogP contribution in [0.15, 0.2) is 12.2 Å². The van der Waals surface area contributed by atoms with Gasteiger partial charge in [0.05, 0.1) is 98.2 Å². The van der Waals surface area contributed by atoms with Gasteiger partial charge in [0.2, 0.25) is 5.91 Å². The van der Waals surface area contributed by atoms with Crippen molar-refractivity contribution in [3.8, 4) is 0 Å². The average Bonchev–Trinajstić information content (AvgIpc) is 3.72. The number of nitrogens with one attached hydrogen (secondary N) is 1. The summed E-state index contributed by atoms with van der Waals surface area (Å²) in [6.45, 7) is 1.89. The molecule has 0 spiro atoms. The standard InChI is InChI=1S/C13H17NO6.C10H18O4S2.C9H17NO4S2.C9H16O4.C6H12O3S2.CH4/c1-20-13(19)8-10(16)3-2-9(15)6-7-14-11(17)4-5-12(14)18;1-14-10(13)7-9(12)4-3-8(11)5-6-16-15-2;1-14-9(13)5-7(11)6-10-8(12)3-4-16-15-2;1-3-7(10)4-5-8(11)6-9(12)13-2;1-9-6(8)3-5(7)4-11-10-2;/h4-5,10,16H,2-3,6-8H2,1H3;9,12H,3-7H2,1-2H3;7,11H,3-6H2,1-2H3,(H,10,12);8,11H,3-6H2,1-2H3;5,7H,3-4H2,1-2H3;1H4. The molecule has 5 atom stereocenters. The summed E-state index contributed by atoms with van der Waals surface area (Å²) >= 11 is 0. The molecule has 0 fully saturated rings. The largest absolute Gasteiger partial charge is 0.469 e. The van der Waals surface area contributed by atoms with Gasteiger partial charge in [-0.2, -0.15) is 0 Å². The van der Waals surface area contributed by atoms with Crippen molar-refractivity contribution >= 4 is 130 Å². The number of methoxy groups -OCH3 is 5. The third kappa shape index (κ3) is 55.7. The summed E-state index contributed by atoms with van der Waals surface area (Å²) in [5.74, 6) is -1.09. The Balaban J connectivity index is -0.000000284. The summed E-state index contributed by atoms with van der Waals surface area (Å²) in [6.07, 6.45) is 7.00. The lowest BCUT2D eigenvalue weighted by Crippen LogP contribution is -2.33. The zero-order chi connectivity index (χ0) is 58.9. The molecule has 0 saturated carbocycles. The number of esters is 5. The molecule has 3 amide bonds. The number of aliphatic hydroxyl groups is 5. The van der Waals surface area contributed by atoms with Crippen LogP contribution in [0.25, 0.3) is 0 Å². The summed E-state index contributed by atoms with van der Waals surface area (Å²) in [4.78, 5) is 122. The molecular weight excluding hydrogens is 1130 g/mol. The molecule has 5 unspecified atom stereocenters. The van der Waals surface area contributed by atoms with Crippen molar-refractivity contribution in [1.29, 1.82) is 0 Å². The van der Waals surface area contributed by atoms with Crippen LogP contribution in [-0.2, 0) is 76.4 Å². The van der Waals surface area contributed by atoms with Crippen molar-refractivity contribution < 1.29 is 102 Å². The van der Waals surface area contributed by atoms with Crippen LogP contribution in [-0.4, -0.2) is 211 Å². The number of carbonyl (C=O) groups excluding carboxylic acids is 11. The van der Waals surface area contributed by atoms with Crippen molar-refractivity contribution in [2.45, 2.75) is 141 Å². The number of ketones is 3. The van der Waals surface area contributed by atoms with Crippen LogP contribution in [0.1, 0.15) is 111 Å². The van der Waals surface area contributed by atoms with Crippen LogP contribution < -0.4 is 5.32 Å². The van der Waals surface area contributed by atoms with Gasteiger partial charge in [-0.05, 0) is 38.0 Å². The third-order valence-electron chi connectivity index (χ3n) is 9.35. The fourth-order valence-corrected chi connectivity index (χ4v) is 8.74. The third-order valence-corrected chi connectivity index (χ3v) is 14.9. The van der Waals surface area contributed by atoms with Crippen molar-refractivity contribution in [3.05, 3.63) is 12.2 Å². The summed E-state index contributed by atoms with van der Waals surface area (Å²) in [5.41, 5.74) is 0. The molecule has 0 aromatic rings. The summed E-state index contributed by atoms with van der Waals surface area (Å²) in [7, 11) is 15.9. The molecule has 448 valence electrons. The van der Waals surface area contributed by atoms with E-state index in [0.717, 1.165) is 28.6 Å². The van der Waals surface area contributed by atoms with Crippen LogP contribution in [0.2, 0.25) is 0 Å². The minimum atomic E-state index is -0.928. The smallest absolute Gasteiger partial charge is 0.308 e. The molecule has 0 radical (unpaired) electrons. The maximum Gasteiger partial charge on any atom is 0.308 e. The van der Waals surface area contributed by atoms with Gasteiger partial charge in [-0.15, -0.1) is 0 Å². The second kappa shape index (κ2) is 55.9. The second-order valence-electron chi connectivity index (χ2n) is 15.4. The Morgan fingerprint density at radius 3 is 1.19 bits per heavy atom. The van der Waals surface area contributed by atoms with Gasteiger partial charge in [0.15, 0.2) is 0 Å². The molecule has 23 nitrogen and oxygen atoms in total. The van der Waals surface area contributed by atoms with Gasteiger partial charge in [-0.25, -0.2) is 0 Å². The normalized spacial score (nSPS) is 12.9.